The molecule has 1 saturated carbocycles. The van der Waals surface area contributed by atoms with Gasteiger partial charge in [-0.15, -0.1) is 11.6 Å². The van der Waals surface area contributed by atoms with Crippen LogP contribution < -0.4 is 0 Å². The molecule has 0 N–H and O–H groups in total. The lowest BCUT2D eigenvalue weighted by atomic mass is 9.70. The summed E-state index contributed by atoms with van der Waals surface area (Å²) in [7, 11) is 2.01. The zero-order valence-corrected chi connectivity index (χ0v) is 16.4. The Morgan fingerprint density at radius 2 is 2.04 bits per heavy atom. The molecule has 3 atom stereocenters. The van der Waals surface area contributed by atoms with Crippen molar-refractivity contribution in [3.63, 3.8) is 0 Å². The van der Waals surface area contributed by atoms with Crippen LogP contribution in [0, 0.1) is 17.8 Å². The van der Waals surface area contributed by atoms with E-state index < -0.39 is 0 Å². The summed E-state index contributed by atoms with van der Waals surface area (Å²) >= 11 is 5.99. The molecule has 0 aromatic carbocycles. The van der Waals surface area contributed by atoms with Crippen molar-refractivity contribution >= 4 is 23.9 Å². The van der Waals surface area contributed by atoms with Crippen LogP contribution in [0.4, 0.5) is 0 Å². The summed E-state index contributed by atoms with van der Waals surface area (Å²) in [4.78, 5) is 23.7. The third-order valence-electron chi connectivity index (χ3n) is 5.14. The molecule has 1 rings (SSSR count). The van der Waals surface area contributed by atoms with E-state index in [4.69, 9.17) is 16.3 Å². The van der Waals surface area contributed by atoms with Crippen LogP contribution in [0.25, 0.3) is 0 Å². The third kappa shape index (κ3) is 7.74. The number of esters is 1. The lowest BCUT2D eigenvalue weighted by Gasteiger charge is -2.37. The van der Waals surface area contributed by atoms with Crippen LogP contribution in [0.1, 0.15) is 39.0 Å². The van der Waals surface area contributed by atoms with E-state index in [1.807, 2.05) is 7.05 Å². The number of halogens is 1. The molecule has 0 aliphatic heterocycles. The van der Waals surface area contributed by atoms with E-state index in [2.05, 4.69) is 25.0 Å². The predicted octanol–water partition coefficient (Wildman–Crippen LogP) is 3.84. The number of allylic oxidation sites excluding steroid dienone is 1. The fourth-order valence-corrected chi connectivity index (χ4v) is 3.68. The Morgan fingerprint density at radius 1 is 1.32 bits per heavy atom. The summed E-state index contributed by atoms with van der Waals surface area (Å²) in [6.07, 6.45) is 4.55. The molecule has 1 fully saturated rings. The van der Waals surface area contributed by atoms with Gasteiger partial charge in [-0.25, -0.2) is 0 Å². The van der Waals surface area contributed by atoms with Crippen LogP contribution in [0.3, 0.4) is 0 Å². The van der Waals surface area contributed by atoms with Gasteiger partial charge < -0.3 is 9.53 Å². The highest BCUT2D eigenvalue weighted by molar-refractivity contribution is 6.19. The monoisotopic (exact) mass is 369 g/mol. The number of carbonyl (C=O) groups is 2. The van der Waals surface area contributed by atoms with Crippen molar-refractivity contribution in [2.24, 2.45) is 17.8 Å². The van der Waals surface area contributed by atoms with Crippen molar-refractivity contribution < 1.29 is 14.3 Å². The second-order valence-electron chi connectivity index (χ2n) is 7.21. The molecule has 0 radical (unpaired) electrons. The van der Waals surface area contributed by atoms with Crippen LogP contribution in [-0.2, 0) is 14.3 Å². The number of carbonyl (C=O) groups excluding carboxylic acids is 2. The minimum absolute atomic E-state index is 0.159. The summed E-state index contributed by atoms with van der Waals surface area (Å²) in [5.41, 5.74) is 2.37. The van der Waals surface area contributed by atoms with Crippen LogP contribution >= 0.6 is 11.6 Å². The molecule has 0 aromatic heterocycles. The van der Waals surface area contributed by atoms with Crippen molar-refractivity contribution in [1.82, 2.24) is 4.90 Å². The van der Waals surface area contributed by atoms with E-state index in [1.54, 1.807) is 0 Å². The summed E-state index contributed by atoms with van der Waals surface area (Å²) in [6, 6.07) is 0. The van der Waals surface area contributed by atoms with Gasteiger partial charge in [0.25, 0.3) is 0 Å². The van der Waals surface area contributed by atoms with Gasteiger partial charge in [0, 0.05) is 25.4 Å². The van der Waals surface area contributed by atoms with E-state index in [0.29, 0.717) is 36.8 Å². The first-order valence-corrected chi connectivity index (χ1v) is 9.61. The lowest BCUT2D eigenvalue weighted by Crippen LogP contribution is -2.31. The normalized spacial score (nSPS) is 23.3. The van der Waals surface area contributed by atoms with Gasteiger partial charge >= 0.3 is 5.97 Å². The van der Waals surface area contributed by atoms with Gasteiger partial charge in [-0.1, -0.05) is 31.2 Å². The lowest BCUT2D eigenvalue weighted by molar-refractivity contribution is -0.144. The standard InChI is InChI=1S/C20H32ClNO3/c1-15-7-8-18(12-19(15)16(2)13-21)17(3)14-22(4)9-11-25-20(24)6-5-10-23/h10,15,18-19H,2-3,5-9,11-14H2,1,4H3. The van der Waals surface area contributed by atoms with Crippen LogP contribution in [0.15, 0.2) is 24.3 Å². The quantitative estimate of drug-likeness (QED) is 0.240. The van der Waals surface area contributed by atoms with Crippen molar-refractivity contribution in [3.8, 4) is 0 Å². The molecule has 0 aromatic rings. The van der Waals surface area contributed by atoms with Crippen molar-refractivity contribution in [2.75, 3.05) is 32.6 Å². The number of alkyl halides is 1. The average molecular weight is 370 g/mol. The third-order valence-corrected chi connectivity index (χ3v) is 5.49. The number of aldehydes is 1. The number of likely N-dealkylation sites (N-methyl/N-ethyl adjacent to an activating group) is 1. The molecular weight excluding hydrogens is 338 g/mol. The van der Waals surface area contributed by atoms with Crippen molar-refractivity contribution in [3.05, 3.63) is 24.3 Å². The maximum absolute atomic E-state index is 11.4. The van der Waals surface area contributed by atoms with Gasteiger partial charge in [0.05, 0.1) is 6.42 Å². The van der Waals surface area contributed by atoms with E-state index >= 15 is 0 Å². The summed E-state index contributed by atoms with van der Waals surface area (Å²) in [5, 5.41) is 0. The van der Waals surface area contributed by atoms with E-state index in [0.717, 1.165) is 24.8 Å². The van der Waals surface area contributed by atoms with Gasteiger partial charge in [0.1, 0.15) is 12.9 Å². The maximum atomic E-state index is 11.4. The Balaban J connectivity index is 2.35. The largest absolute Gasteiger partial charge is 0.464 e. The number of nitrogens with zero attached hydrogens (tertiary/aromatic N) is 1. The number of hydrogen-bond donors (Lipinski definition) is 0. The van der Waals surface area contributed by atoms with Gasteiger partial charge in [-0.2, -0.15) is 0 Å². The maximum Gasteiger partial charge on any atom is 0.306 e. The minimum atomic E-state index is -0.317. The number of ether oxygens (including phenoxy) is 1. The topological polar surface area (TPSA) is 46.6 Å². The fraction of sp³-hybridized carbons (Fsp3) is 0.700. The highest BCUT2D eigenvalue weighted by Crippen LogP contribution is 2.40. The Bertz CT molecular complexity index is 478. The number of hydrogen-bond acceptors (Lipinski definition) is 4. The first-order chi connectivity index (χ1) is 11.9. The zero-order chi connectivity index (χ0) is 18.8. The summed E-state index contributed by atoms with van der Waals surface area (Å²) in [6.45, 7) is 12.5. The molecule has 0 amide bonds. The minimum Gasteiger partial charge on any atom is -0.464 e. The molecule has 25 heavy (non-hydrogen) atoms. The van der Waals surface area contributed by atoms with Gasteiger partial charge in [-0.3, -0.25) is 9.69 Å². The Labute approximate surface area is 157 Å². The molecule has 5 heteroatoms. The fourth-order valence-electron chi connectivity index (χ4n) is 3.48. The summed E-state index contributed by atoms with van der Waals surface area (Å²) in [5.74, 6) is 1.83. The molecule has 0 bridgehead atoms. The van der Waals surface area contributed by atoms with Crippen molar-refractivity contribution in [1.29, 1.82) is 0 Å². The van der Waals surface area contributed by atoms with E-state index in [-0.39, 0.29) is 18.8 Å². The second kappa shape index (κ2) is 11.5. The molecule has 0 heterocycles. The van der Waals surface area contributed by atoms with Crippen molar-refractivity contribution in [2.45, 2.75) is 39.0 Å². The van der Waals surface area contributed by atoms with Crippen LogP contribution in [0.5, 0.6) is 0 Å². The molecule has 1 aliphatic rings. The second-order valence-corrected chi connectivity index (χ2v) is 7.47. The highest BCUT2D eigenvalue weighted by atomic mass is 35.5. The van der Waals surface area contributed by atoms with Crippen LogP contribution in [-0.4, -0.2) is 49.8 Å². The Hall–Kier alpha value is -1.13. The predicted molar refractivity (Wildman–Crippen MR) is 103 cm³/mol. The zero-order valence-electron chi connectivity index (χ0n) is 15.6. The highest BCUT2D eigenvalue weighted by Gasteiger charge is 2.30. The smallest absolute Gasteiger partial charge is 0.306 e. The van der Waals surface area contributed by atoms with E-state index in [9.17, 15) is 9.59 Å². The van der Waals surface area contributed by atoms with Gasteiger partial charge in [-0.05, 0) is 44.1 Å². The Morgan fingerprint density at radius 3 is 2.68 bits per heavy atom. The molecule has 1 aliphatic carbocycles. The SMILES string of the molecule is C=C(CN(C)CCOC(=O)CCC=O)C1CCC(C)C(C(=C)CCl)C1. The molecule has 3 unspecified atom stereocenters. The molecule has 0 spiro atoms. The van der Waals surface area contributed by atoms with Gasteiger partial charge in [0.2, 0.25) is 0 Å². The molecule has 4 nitrogen and oxygen atoms in total. The molecular formula is C20H32ClNO3. The van der Waals surface area contributed by atoms with Gasteiger partial charge in [0.15, 0.2) is 0 Å². The molecule has 142 valence electrons. The number of rotatable bonds is 11. The molecule has 0 saturated heterocycles. The average Bonchev–Trinajstić information content (AvgIpc) is 2.59. The van der Waals surface area contributed by atoms with E-state index in [1.165, 1.54) is 18.4 Å². The summed E-state index contributed by atoms with van der Waals surface area (Å²) < 4.78 is 5.12. The first kappa shape index (κ1) is 21.9. The van der Waals surface area contributed by atoms with Crippen LogP contribution in [0.2, 0.25) is 0 Å². The first-order valence-electron chi connectivity index (χ1n) is 9.08. The Kier molecular flexibility index (Phi) is 10.1.